The Hall–Kier alpha value is -3.40. The van der Waals surface area contributed by atoms with Crippen LogP contribution < -0.4 is 5.32 Å². The predicted octanol–water partition coefficient (Wildman–Crippen LogP) is 5.17. The van der Waals surface area contributed by atoms with Crippen molar-refractivity contribution in [2.24, 2.45) is 12.1 Å². The van der Waals surface area contributed by atoms with Crippen LogP contribution in [-0.4, -0.2) is 55.5 Å². The summed E-state index contributed by atoms with van der Waals surface area (Å²) in [5.74, 6) is 0.346. The van der Waals surface area contributed by atoms with Gasteiger partial charge in [-0.05, 0) is 52.0 Å². The molecular formula is C25H28FN5O3S. The second-order valence-electron chi connectivity index (χ2n) is 9.27. The second kappa shape index (κ2) is 9.69. The quantitative estimate of drug-likeness (QED) is 0.526. The highest BCUT2D eigenvalue weighted by Crippen LogP contribution is 2.29. The zero-order chi connectivity index (χ0) is 25.3. The number of ether oxygens (including phenoxy) is 1. The summed E-state index contributed by atoms with van der Waals surface area (Å²) in [5, 5.41) is 8.27. The maximum Gasteiger partial charge on any atom is 0.407 e. The lowest BCUT2D eigenvalue weighted by Gasteiger charge is -2.27. The summed E-state index contributed by atoms with van der Waals surface area (Å²) in [5.41, 5.74) is 3.34. The van der Waals surface area contributed by atoms with E-state index < -0.39 is 11.7 Å². The highest BCUT2D eigenvalue weighted by Gasteiger charge is 2.28. The molecule has 1 aliphatic heterocycles. The van der Waals surface area contributed by atoms with Gasteiger partial charge in [-0.1, -0.05) is 30.0 Å². The number of carbonyl (C=O) groups excluding carboxylic acids is 2. The highest BCUT2D eigenvalue weighted by atomic mass is 32.2. The number of thioether (sulfide) groups is 1. The third-order valence-electron chi connectivity index (χ3n) is 5.35. The first kappa shape index (κ1) is 24.7. The Morgan fingerprint density at radius 2 is 1.97 bits per heavy atom. The number of fused-ring (bicyclic) bond motifs is 1. The van der Waals surface area contributed by atoms with Crippen LogP contribution in [0.5, 0.6) is 0 Å². The molecule has 2 aromatic carbocycles. The Labute approximate surface area is 207 Å². The van der Waals surface area contributed by atoms with E-state index in [1.807, 2.05) is 42.8 Å². The molecule has 0 fully saturated rings. The summed E-state index contributed by atoms with van der Waals surface area (Å²) >= 11 is 1.18. The third kappa shape index (κ3) is 5.64. The van der Waals surface area contributed by atoms with Gasteiger partial charge in [0.15, 0.2) is 0 Å². The first-order valence-electron chi connectivity index (χ1n) is 11.3. The van der Waals surface area contributed by atoms with Crippen LogP contribution in [0.3, 0.4) is 0 Å². The second-order valence-corrected chi connectivity index (χ2v) is 10.6. The van der Waals surface area contributed by atoms with E-state index >= 15 is 0 Å². The molecule has 0 radical (unpaired) electrons. The van der Waals surface area contributed by atoms with E-state index in [0.717, 1.165) is 22.3 Å². The standard InChI is InChI=1S/C25H28FN5O3S/c1-15-21(29-31(24(33)35-15)12-11-27-23(32)34-25(2,3)4)16-9-10-20-19(14-16)28-22(30(20)5)17-7-6-8-18(26)13-17/h6-10,13-15H,11-12H2,1-5H3,(H,27,32). The molecule has 2 heterocycles. The smallest absolute Gasteiger partial charge is 0.407 e. The van der Waals surface area contributed by atoms with Gasteiger partial charge in [0.05, 0.1) is 28.5 Å². The van der Waals surface area contributed by atoms with Gasteiger partial charge in [0.1, 0.15) is 17.2 Å². The van der Waals surface area contributed by atoms with E-state index in [1.165, 1.54) is 28.9 Å². The number of halogens is 1. The molecule has 4 rings (SSSR count). The number of hydrazone groups is 1. The predicted molar refractivity (Wildman–Crippen MR) is 136 cm³/mol. The minimum Gasteiger partial charge on any atom is -0.444 e. The summed E-state index contributed by atoms with van der Waals surface area (Å²) < 4.78 is 20.9. The van der Waals surface area contributed by atoms with Crippen LogP contribution in [-0.2, 0) is 11.8 Å². The summed E-state index contributed by atoms with van der Waals surface area (Å²) in [6, 6.07) is 12.2. The molecule has 0 bridgehead atoms. The maximum absolute atomic E-state index is 13.7. The van der Waals surface area contributed by atoms with Crippen molar-refractivity contribution in [3.05, 3.63) is 53.8 Å². The van der Waals surface area contributed by atoms with Gasteiger partial charge in [0.2, 0.25) is 0 Å². The number of imidazole rings is 1. The molecule has 0 saturated carbocycles. The summed E-state index contributed by atoms with van der Waals surface area (Å²) in [6.07, 6.45) is -0.540. The van der Waals surface area contributed by atoms with Gasteiger partial charge in [-0.3, -0.25) is 4.79 Å². The van der Waals surface area contributed by atoms with Crippen LogP contribution in [0, 0.1) is 5.82 Å². The topological polar surface area (TPSA) is 88.8 Å². The zero-order valence-electron chi connectivity index (χ0n) is 20.3. The van der Waals surface area contributed by atoms with E-state index in [9.17, 15) is 14.0 Å². The number of aryl methyl sites for hydroxylation is 1. The van der Waals surface area contributed by atoms with Crippen molar-refractivity contribution >= 4 is 39.8 Å². The van der Waals surface area contributed by atoms with Crippen molar-refractivity contribution in [1.82, 2.24) is 19.9 Å². The van der Waals surface area contributed by atoms with Crippen LogP contribution in [0.25, 0.3) is 22.4 Å². The minimum atomic E-state index is -0.597. The van der Waals surface area contributed by atoms with Crippen LogP contribution >= 0.6 is 11.8 Å². The molecule has 3 aromatic rings. The zero-order valence-corrected chi connectivity index (χ0v) is 21.1. The van der Waals surface area contributed by atoms with Gasteiger partial charge in [-0.2, -0.15) is 5.10 Å². The molecule has 0 saturated heterocycles. The number of hydrogen-bond acceptors (Lipinski definition) is 6. The van der Waals surface area contributed by atoms with Gasteiger partial charge in [0, 0.05) is 24.7 Å². The van der Waals surface area contributed by atoms with Crippen molar-refractivity contribution in [3.8, 4) is 11.4 Å². The van der Waals surface area contributed by atoms with Gasteiger partial charge in [-0.15, -0.1) is 0 Å². The largest absolute Gasteiger partial charge is 0.444 e. The van der Waals surface area contributed by atoms with Crippen molar-refractivity contribution in [1.29, 1.82) is 0 Å². The first-order valence-corrected chi connectivity index (χ1v) is 12.2. The molecule has 8 nitrogen and oxygen atoms in total. The Balaban J connectivity index is 1.56. The molecule has 0 spiro atoms. The fourth-order valence-corrected chi connectivity index (χ4v) is 4.63. The summed E-state index contributed by atoms with van der Waals surface area (Å²) in [6.45, 7) is 7.72. The number of amides is 2. The van der Waals surface area contributed by atoms with E-state index in [1.54, 1.807) is 26.8 Å². The summed E-state index contributed by atoms with van der Waals surface area (Å²) in [7, 11) is 1.89. The number of alkyl carbamates (subject to hydrolysis) is 1. The van der Waals surface area contributed by atoms with Gasteiger partial charge in [-0.25, -0.2) is 19.2 Å². The van der Waals surface area contributed by atoms with E-state index in [2.05, 4.69) is 10.4 Å². The van der Waals surface area contributed by atoms with Crippen molar-refractivity contribution in [3.63, 3.8) is 0 Å². The van der Waals surface area contributed by atoms with Crippen molar-refractivity contribution in [2.45, 2.75) is 38.5 Å². The normalized spacial score (nSPS) is 16.4. The number of hydrogen-bond donors (Lipinski definition) is 1. The number of nitrogens with zero attached hydrogens (tertiary/aromatic N) is 4. The third-order valence-corrected chi connectivity index (χ3v) is 6.34. The molecule has 10 heteroatoms. The van der Waals surface area contributed by atoms with Crippen molar-refractivity contribution in [2.75, 3.05) is 13.1 Å². The maximum atomic E-state index is 13.7. The Morgan fingerprint density at radius 1 is 1.20 bits per heavy atom. The number of carbonyl (C=O) groups is 2. The molecule has 35 heavy (non-hydrogen) atoms. The van der Waals surface area contributed by atoms with Crippen LogP contribution in [0.1, 0.15) is 33.3 Å². The van der Waals surface area contributed by atoms with Gasteiger partial charge < -0.3 is 14.6 Å². The molecule has 0 aliphatic carbocycles. The van der Waals surface area contributed by atoms with E-state index in [4.69, 9.17) is 9.72 Å². The lowest BCUT2D eigenvalue weighted by Crippen LogP contribution is -2.40. The molecule has 1 unspecified atom stereocenters. The van der Waals surface area contributed by atoms with E-state index in [-0.39, 0.29) is 29.4 Å². The Kier molecular flexibility index (Phi) is 6.84. The minimum absolute atomic E-state index is 0.151. The van der Waals surface area contributed by atoms with Crippen LogP contribution in [0.15, 0.2) is 47.6 Å². The fourth-order valence-electron chi connectivity index (χ4n) is 3.78. The van der Waals surface area contributed by atoms with Crippen LogP contribution in [0.2, 0.25) is 0 Å². The number of aromatic nitrogens is 2. The average molecular weight is 498 g/mol. The molecule has 1 N–H and O–H groups in total. The monoisotopic (exact) mass is 497 g/mol. The molecule has 2 amide bonds. The number of benzene rings is 2. The lowest BCUT2D eigenvalue weighted by molar-refractivity contribution is 0.0524. The molecule has 1 aliphatic rings. The van der Waals surface area contributed by atoms with E-state index in [0.29, 0.717) is 11.4 Å². The van der Waals surface area contributed by atoms with Gasteiger partial charge in [0.25, 0.3) is 0 Å². The summed E-state index contributed by atoms with van der Waals surface area (Å²) in [4.78, 5) is 29.1. The molecule has 1 atom stereocenters. The van der Waals surface area contributed by atoms with Crippen LogP contribution in [0.4, 0.5) is 14.0 Å². The molecule has 1 aromatic heterocycles. The number of nitrogens with one attached hydrogen (secondary N) is 1. The fraction of sp³-hybridized carbons (Fsp3) is 0.360. The Bertz CT molecular complexity index is 1310. The SMILES string of the molecule is CC1SC(=O)N(CCNC(=O)OC(C)(C)C)N=C1c1ccc2c(c1)nc(-c1cccc(F)c1)n2C. The van der Waals surface area contributed by atoms with Crippen molar-refractivity contribution < 1.29 is 18.7 Å². The number of rotatable bonds is 5. The molecular weight excluding hydrogens is 469 g/mol. The average Bonchev–Trinajstić information content (AvgIpc) is 3.10. The first-order chi connectivity index (χ1) is 16.5. The highest BCUT2D eigenvalue weighted by molar-refractivity contribution is 8.14. The Morgan fingerprint density at radius 3 is 2.69 bits per heavy atom. The lowest BCUT2D eigenvalue weighted by atomic mass is 10.1. The van der Waals surface area contributed by atoms with Gasteiger partial charge >= 0.3 is 11.3 Å². The molecule has 184 valence electrons.